The van der Waals surface area contributed by atoms with Crippen molar-refractivity contribution in [2.75, 3.05) is 7.11 Å². The van der Waals surface area contributed by atoms with Crippen LogP contribution in [0.4, 0.5) is 4.39 Å². The average molecular weight is 527 g/mol. The second kappa shape index (κ2) is 10.5. The topological polar surface area (TPSA) is 88.1 Å². The van der Waals surface area contributed by atoms with E-state index in [4.69, 9.17) is 4.74 Å². The molecule has 0 aliphatic heterocycles. The molecule has 3 aromatic carbocycles. The maximum absolute atomic E-state index is 14.5. The van der Waals surface area contributed by atoms with Crippen molar-refractivity contribution >= 4 is 16.9 Å². The van der Waals surface area contributed by atoms with Gasteiger partial charge in [-0.3, -0.25) is 14.2 Å². The summed E-state index contributed by atoms with van der Waals surface area (Å²) in [5, 5.41) is 0. The number of imidazole rings is 1. The molecule has 8 nitrogen and oxygen atoms in total. The maximum Gasteiger partial charge on any atom is 0.337 e. The number of ketones is 1. The first-order valence-corrected chi connectivity index (χ1v) is 12.5. The van der Waals surface area contributed by atoms with Crippen molar-refractivity contribution in [1.82, 2.24) is 18.7 Å². The number of benzene rings is 3. The van der Waals surface area contributed by atoms with Gasteiger partial charge in [-0.1, -0.05) is 56.3 Å². The van der Waals surface area contributed by atoms with Crippen LogP contribution in [0.5, 0.6) is 5.75 Å². The molecule has 0 aliphatic rings. The van der Waals surface area contributed by atoms with Gasteiger partial charge >= 0.3 is 5.69 Å². The zero-order valence-corrected chi connectivity index (χ0v) is 21.8. The van der Waals surface area contributed by atoms with Crippen LogP contribution in [-0.2, 0) is 13.1 Å². The van der Waals surface area contributed by atoms with E-state index in [2.05, 4.69) is 18.8 Å². The van der Waals surface area contributed by atoms with Gasteiger partial charge in [0.15, 0.2) is 16.9 Å². The molecule has 39 heavy (non-hydrogen) atoms. The molecule has 0 fully saturated rings. The number of carbonyl (C=O) groups excluding carboxylic acids is 1. The van der Waals surface area contributed by atoms with Crippen molar-refractivity contribution in [3.8, 4) is 11.4 Å². The number of halogens is 1. The monoisotopic (exact) mass is 526 g/mol. The fraction of sp³-hybridized carbons (Fsp3) is 0.200. The molecule has 198 valence electrons. The summed E-state index contributed by atoms with van der Waals surface area (Å²) in [6.07, 6.45) is 1.37. The number of carbonyl (C=O) groups is 1. The molecule has 0 spiro atoms. The molecular formula is C30H27FN4O4. The molecule has 0 saturated carbocycles. The number of hydrogen-bond acceptors (Lipinski definition) is 5. The number of hydrogen-bond donors (Lipinski definition) is 0. The molecule has 0 amide bonds. The van der Waals surface area contributed by atoms with E-state index >= 15 is 0 Å². The molecule has 0 aliphatic carbocycles. The molecule has 9 heteroatoms. The Hall–Kier alpha value is -4.79. The Morgan fingerprint density at radius 2 is 1.74 bits per heavy atom. The predicted molar refractivity (Wildman–Crippen MR) is 147 cm³/mol. The lowest BCUT2D eigenvalue weighted by Gasteiger charge is -2.14. The number of aromatic nitrogens is 4. The van der Waals surface area contributed by atoms with Crippen LogP contribution >= 0.6 is 0 Å². The smallest absolute Gasteiger partial charge is 0.337 e. The van der Waals surface area contributed by atoms with Crippen LogP contribution in [0.2, 0.25) is 0 Å². The average Bonchev–Trinajstić information content (AvgIpc) is 3.35. The van der Waals surface area contributed by atoms with E-state index in [-0.39, 0.29) is 41.5 Å². The molecule has 2 aromatic heterocycles. The van der Waals surface area contributed by atoms with E-state index in [1.165, 1.54) is 34.7 Å². The molecule has 5 rings (SSSR count). The van der Waals surface area contributed by atoms with E-state index in [1.807, 2.05) is 12.1 Å². The summed E-state index contributed by atoms with van der Waals surface area (Å²) in [7, 11) is 1.51. The Morgan fingerprint density at radius 1 is 1.00 bits per heavy atom. The van der Waals surface area contributed by atoms with Crippen LogP contribution in [0, 0.1) is 5.82 Å². The minimum Gasteiger partial charge on any atom is -0.497 e. The Kier molecular flexibility index (Phi) is 6.98. The molecule has 0 atom stereocenters. The normalized spacial score (nSPS) is 11.3. The van der Waals surface area contributed by atoms with Gasteiger partial charge in [-0.25, -0.2) is 18.7 Å². The van der Waals surface area contributed by atoms with Gasteiger partial charge in [0, 0.05) is 11.1 Å². The van der Waals surface area contributed by atoms with E-state index in [0.29, 0.717) is 17.0 Å². The SMILES string of the molecule is COc1cccc(C(=O)Cn2cnc3c2c(=O)n(Cc2ccccc2F)c(=O)n3-c2ccc(C(C)C)cc2)c1. The van der Waals surface area contributed by atoms with Crippen molar-refractivity contribution < 1.29 is 13.9 Å². The number of nitrogens with zero attached hydrogens (tertiary/aromatic N) is 4. The molecule has 0 unspecified atom stereocenters. The third-order valence-corrected chi connectivity index (χ3v) is 6.71. The number of fused-ring (bicyclic) bond motifs is 1. The zero-order valence-electron chi connectivity index (χ0n) is 21.8. The van der Waals surface area contributed by atoms with Crippen molar-refractivity contribution in [3.63, 3.8) is 0 Å². The molecule has 5 aromatic rings. The lowest BCUT2D eigenvalue weighted by Crippen LogP contribution is -2.40. The van der Waals surface area contributed by atoms with Gasteiger partial charge < -0.3 is 9.30 Å². The highest BCUT2D eigenvalue weighted by Gasteiger charge is 2.21. The van der Waals surface area contributed by atoms with Crippen molar-refractivity contribution in [3.05, 3.63) is 122 Å². The highest BCUT2D eigenvalue weighted by Crippen LogP contribution is 2.20. The zero-order chi connectivity index (χ0) is 27.7. The van der Waals surface area contributed by atoms with Gasteiger partial charge in [0.05, 0.1) is 32.2 Å². The minimum atomic E-state index is -0.663. The molecule has 0 bridgehead atoms. The second-order valence-corrected chi connectivity index (χ2v) is 9.55. The standard InChI is InChI=1S/C30H27FN4O4/c1-19(2)20-11-13-23(14-12-20)35-28-27(29(37)34(30(35)38)16-22-7-4-5-10-25(22)31)33(18-32-28)17-26(36)21-8-6-9-24(15-21)39-3/h4-15,18-19H,16-17H2,1-3H3. The third kappa shape index (κ3) is 4.90. The number of ether oxygens (including phenoxy) is 1. The van der Waals surface area contributed by atoms with Crippen LogP contribution in [0.15, 0.2) is 88.7 Å². The fourth-order valence-corrected chi connectivity index (χ4v) is 4.52. The number of rotatable bonds is 8. The van der Waals surface area contributed by atoms with Crippen molar-refractivity contribution in [1.29, 1.82) is 0 Å². The summed E-state index contributed by atoms with van der Waals surface area (Å²) >= 11 is 0. The maximum atomic E-state index is 14.5. The van der Waals surface area contributed by atoms with Crippen LogP contribution in [0.25, 0.3) is 16.9 Å². The van der Waals surface area contributed by atoms with Gasteiger partial charge in [-0.2, -0.15) is 0 Å². The van der Waals surface area contributed by atoms with Gasteiger partial charge in [0.2, 0.25) is 0 Å². The number of methoxy groups -OCH3 is 1. The number of Topliss-reactive ketones (excluding diaryl/α,β-unsaturated/α-hetero) is 1. The van der Waals surface area contributed by atoms with Gasteiger partial charge in [-0.05, 0) is 41.8 Å². The van der Waals surface area contributed by atoms with Gasteiger partial charge in [0.25, 0.3) is 5.56 Å². The largest absolute Gasteiger partial charge is 0.497 e. The first-order chi connectivity index (χ1) is 18.8. The van der Waals surface area contributed by atoms with Crippen molar-refractivity contribution in [2.24, 2.45) is 0 Å². The molecular weight excluding hydrogens is 499 g/mol. The minimum absolute atomic E-state index is 0.0649. The summed E-state index contributed by atoms with van der Waals surface area (Å²) < 4.78 is 23.5. The molecule has 2 heterocycles. The summed E-state index contributed by atoms with van der Waals surface area (Å²) in [5.41, 5.74) is 1.04. The van der Waals surface area contributed by atoms with E-state index in [0.717, 1.165) is 10.1 Å². The highest BCUT2D eigenvalue weighted by molar-refractivity contribution is 5.96. The third-order valence-electron chi connectivity index (χ3n) is 6.71. The van der Waals surface area contributed by atoms with Gasteiger partial charge in [0.1, 0.15) is 11.6 Å². The fourth-order valence-electron chi connectivity index (χ4n) is 4.52. The van der Waals surface area contributed by atoms with E-state index < -0.39 is 17.1 Å². The summed E-state index contributed by atoms with van der Waals surface area (Å²) in [6.45, 7) is 3.66. The summed E-state index contributed by atoms with van der Waals surface area (Å²) in [6, 6.07) is 20.1. The summed E-state index contributed by atoms with van der Waals surface area (Å²) in [4.78, 5) is 45.0. The van der Waals surface area contributed by atoms with Crippen molar-refractivity contribution in [2.45, 2.75) is 32.9 Å². The Labute approximate surface area is 223 Å². The predicted octanol–water partition coefficient (Wildman–Crippen LogP) is 4.55. The van der Waals surface area contributed by atoms with Crippen LogP contribution in [0.3, 0.4) is 0 Å². The van der Waals surface area contributed by atoms with Gasteiger partial charge in [-0.15, -0.1) is 0 Å². The quantitative estimate of drug-likeness (QED) is 0.277. The second-order valence-electron chi connectivity index (χ2n) is 9.55. The molecule has 0 radical (unpaired) electrons. The van der Waals surface area contributed by atoms with Crippen LogP contribution in [0.1, 0.15) is 41.3 Å². The van der Waals surface area contributed by atoms with Crippen LogP contribution < -0.4 is 16.0 Å². The first-order valence-electron chi connectivity index (χ1n) is 12.5. The lowest BCUT2D eigenvalue weighted by molar-refractivity contribution is 0.0973. The summed E-state index contributed by atoms with van der Waals surface area (Å²) in [5.74, 6) is 0.0145. The molecule has 0 saturated heterocycles. The Balaban J connectivity index is 1.69. The lowest BCUT2D eigenvalue weighted by atomic mass is 10.0. The Morgan fingerprint density at radius 3 is 2.44 bits per heavy atom. The Bertz CT molecular complexity index is 1800. The molecule has 0 N–H and O–H groups in total. The van der Waals surface area contributed by atoms with E-state index in [9.17, 15) is 18.8 Å². The van der Waals surface area contributed by atoms with Crippen LogP contribution in [-0.4, -0.2) is 31.6 Å². The van der Waals surface area contributed by atoms with E-state index in [1.54, 1.807) is 48.5 Å². The highest BCUT2D eigenvalue weighted by atomic mass is 19.1. The first kappa shape index (κ1) is 25.8.